The number of benzene rings is 3. The van der Waals surface area contributed by atoms with Crippen molar-refractivity contribution in [1.82, 2.24) is 9.03 Å². The molecular formula is C24H21ClN2O7S2. The van der Waals surface area contributed by atoms with Gasteiger partial charge in [0.2, 0.25) is 10.0 Å². The zero-order valence-corrected chi connectivity index (χ0v) is 21.1. The van der Waals surface area contributed by atoms with E-state index in [4.69, 9.17) is 11.6 Å². The Balaban J connectivity index is 1.42. The molecule has 1 aliphatic heterocycles. The number of sulfonamides is 2. The highest BCUT2D eigenvalue weighted by Crippen LogP contribution is 2.30. The molecule has 36 heavy (non-hydrogen) atoms. The molecule has 188 valence electrons. The van der Waals surface area contributed by atoms with Crippen molar-refractivity contribution in [3.05, 3.63) is 83.4 Å². The quantitative estimate of drug-likeness (QED) is 0.418. The second-order valence-corrected chi connectivity index (χ2v) is 12.0. The average molecular weight is 549 g/mol. The van der Waals surface area contributed by atoms with Gasteiger partial charge in [0.1, 0.15) is 10.9 Å². The van der Waals surface area contributed by atoms with E-state index in [1.54, 1.807) is 42.5 Å². The summed E-state index contributed by atoms with van der Waals surface area (Å²) < 4.78 is 53.7. The normalized spacial score (nSPS) is 15.5. The molecule has 1 amide bonds. The van der Waals surface area contributed by atoms with Crippen LogP contribution in [0.2, 0.25) is 5.02 Å². The topological polar surface area (TPSA) is 138 Å². The fraction of sp³-hybridized carbons (Fsp3) is 0.167. The van der Waals surface area contributed by atoms with Gasteiger partial charge in [0.05, 0.1) is 10.5 Å². The number of aliphatic carboxylic acids is 1. The summed E-state index contributed by atoms with van der Waals surface area (Å²) in [4.78, 5) is 24.0. The Hall–Kier alpha value is -3.25. The number of hydrogen-bond acceptors (Lipinski definition) is 6. The summed E-state index contributed by atoms with van der Waals surface area (Å²) >= 11 is 5.89. The lowest BCUT2D eigenvalue weighted by Crippen LogP contribution is -2.41. The molecule has 0 aromatic heterocycles. The summed E-state index contributed by atoms with van der Waals surface area (Å²) in [6.07, 6.45) is -0.291. The molecule has 0 saturated carbocycles. The highest BCUT2D eigenvalue weighted by molar-refractivity contribution is 7.90. The van der Waals surface area contributed by atoms with Crippen LogP contribution in [0, 0.1) is 0 Å². The minimum absolute atomic E-state index is 0.0510. The number of nitrogens with one attached hydrogen (secondary N) is 1. The average Bonchev–Trinajstić information content (AvgIpc) is 3.04. The van der Waals surface area contributed by atoms with E-state index in [0.29, 0.717) is 9.33 Å². The van der Waals surface area contributed by atoms with Gasteiger partial charge in [0.25, 0.3) is 15.9 Å². The Kier molecular flexibility index (Phi) is 7.19. The molecule has 2 N–H and O–H groups in total. The van der Waals surface area contributed by atoms with Crippen molar-refractivity contribution in [2.75, 3.05) is 6.54 Å². The largest absolute Gasteiger partial charge is 0.480 e. The van der Waals surface area contributed by atoms with Gasteiger partial charge in [-0.05, 0) is 60.4 Å². The lowest BCUT2D eigenvalue weighted by molar-refractivity contribution is -0.139. The number of carbonyl (C=O) groups is 2. The van der Waals surface area contributed by atoms with E-state index in [0.717, 1.165) is 11.1 Å². The number of carboxylic acids is 1. The number of fused-ring (bicyclic) bond motifs is 1. The van der Waals surface area contributed by atoms with Crippen LogP contribution in [0.1, 0.15) is 23.2 Å². The van der Waals surface area contributed by atoms with Crippen molar-refractivity contribution in [3.63, 3.8) is 0 Å². The molecule has 0 aliphatic carbocycles. The zero-order valence-electron chi connectivity index (χ0n) is 18.7. The monoisotopic (exact) mass is 548 g/mol. The lowest BCUT2D eigenvalue weighted by atomic mass is 10.1. The van der Waals surface area contributed by atoms with Crippen molar-refractivity contribution in [1.29, 1.82) is 0 Å². The Bertz CT molecular complexity index is 1520. The van der Waals surface area contributed by atoms with Crippen LogP contribution in [0.25, 0.3) is 11.1 Å². The van der Waals surface area contributed by atoms with E-state index in [2.05, 4.69) is 4.72 Å². The summed E-state index contributed by atoms with van der Waals surface area (Å²) in [6, 6.07) is 17.2. The molecule has 0 fully saturated rings. The predicted octanol–water partition coefficient (Wildman–Crippen LogP) is 3.36. The SMILES string of the molecule is O=C(O)[C@@H](CCCN1C(=O)c2ccccc2S1(=O)=O)NS(=O)(=O)c1ccc(-c2ccc(Cl)cc2)cc1. The third kappa shape index (κ3) is 5.14. The van der Waals surface area contributed by atoms with Crippen LogP contribution in [0.15, 0.2) is 82.6 Å². The van der Waals surface area contributed by atoms with Gasteiger partial charge >= 0.3 is 5.97 Å². The minimum atomic E-state index is -4.19. The molecule has 0 spiro atoms. The Labute approximate surface area is 213 Å². The van der Waals surface area contributed by atoms with Crippen LogP contribution in [-0.4, -0.2) is 50.7 Å². The molecular weight excluding hydrogens is 528 g/mol. The molecule has 3 aromatic rings. The van der Waals surface area contributed by atoms with E-state index in [1.807, 2.05) is 0 Å². The molecule has 1 atom stereocenters. The van der Waals surface area contributed by atoms with Gasteiger partial charge in [-0.15, -0.1) is 0 Å². The van der Waals surface area contributed by atoms with Gasteiger partial charge in [-0.25, -0.2) is 21.1 Å². The number of carboxylic acid groups (broad SMARTS) is 1. The van der Waals surface area contributed by atoms with Gasteiger partial charge in [0.15, 0.2) is 0 Å². The highest BCUT2D eigenvalue weighted by atomic mass is 35.5. The fourth-order valence-electron chi connectivity index (χ4n) is 3.85. The molecule has 1 heterocycles. The van der Waals surface area contributed by atoms with Crippen molar-refractivity contribution in [2.45, 2.75) is 28.7 Å². The van der Waals surface area contributed by atoms with Crippen LogP contribution in [-0.2, 0) is 24.8 Å². The van der Waals surface area contributed by atoms with Gasteiger partial charge in [-0.1, -0.05) is 48.0 Å². The molecule has 0 bridgehead atoms. The van der Waals surface area contributed by atoms with E-state index < -0.39 is 38.0 Å². The molecule has 9 nitrogen and oxygen atoms in total. The summed E-state index contributed by atoms with van der Waals surface area (Å²) in [5.41, 5.74) is 1.63. The standard InChI is InChI=1S/C24H21ClN2O7S2/c25-18-11-7-16(8-12-18)17-9-13-19(14-10-17)35(31,32)26-21(24(29)30)5-3-15-27-23(28)20-4-1-2-6-22(20)36(27,33)34/h1-2,4,6-14,21,26H,3,5,15H2,(H,29,30)/t21-/m1/s1. The first kappa shape index (κ1) is 25.8. The van der Waals surface area contributed by atoms with Crippen molar-refractivity contribution < 1.29 is 31.5 Å². The second kappa shape index (κ2) is 10.0. The van der Waals surface area contributed by atoms with Crippen molar-refractivity contribution in [3.8, 4) is 11.1 Å². The molecule has 0 radical (unpaired) electrons. The Morgan fingerprint density at radius 2 is 1.56 bits per heavy atom. The number of hydrogen-bond donors (Lipinski definition) is 2. The van der Waals surface area contributed by atoms with Crippen LogP contribution >= 0.6 is 11.6 Å². The van der Waals surface area contributed by atoms with Crippen LogP contribution in [0.4, 0.5) is 0 Å². The number of nitrogens with zero attached hydrogens (tertiary/aromatic N) is 1. The van der Waals surface area contributed by atoms with E-state index >= 15 is 0 Å². The number of carbonyl (C=O) groups excluding carboxylic acids is 1. The second-order valence-electron chi connectivity index (χ2n) is 8.06. The van der Waals surface area contributed by atoms with Gasteiger partial charge in [-0.3, -0.25) is 9.59 Å². The number of amides is 1. The first-order valence-electron chi connectivity index (χ1n) is 10.8. The van der Waals surface area contributed by atoms with Crippen LogP contribution in [0.3, 0.4) is 0 Å². The maximum Gasteiger partial charge on any atom is 0.321 e. The Morgan fingerprint density at radius 3 is 2.14 bits per heavy atom. The summed E-state index contributed by atoms with van der Waals surface area (Å²) in [6.45, 7) is -0.281. The third-order valence-corrected chi connectivity index (χ3v) is 9.28. The van der Waals surface area contributed by atoms with Crippen LogP contribution in [0.5, 0.6) is 0 Å². The van der Waals surface area contributed by atoms with E-state index in [1.165, 1.54) is 30.3 Å². The van der Waals surface area contributed by atoms with E-state index in [9.17, 15) is 31.5 Å². The van der Waals surface area contributed by atoms with Gasteiger partial charge in [-0.2, -0.15) is 4.72 Å². The fourth-order valence-corrected chi connectivity index (χ4v) is 6.81. The maximum atomic E-state index is 12.8. The smallest absolute Gasteiger partial charge is 0.321 e. The summed E-state index contributed by atoms with van der Waals surface area (Å²) in [5.74, 6) is -2.12. The first-order valence-corrected chi connectivity index (χ1v) is 14.1. The lowest BCUT2D eigenvalue weighted by Gasteiger charge is -2.18. The molecule has 3 aromatic carbocycles. The predicted molar refractivity (Wildman–Crippen MR) is 133 cm³/mol. The van der Waals surface area contributed by atoms with Gasteiger partial charge < -0.3 is 5.11 Å². The minimum Gasteiger partial charge on any atom is -0.480 e. The van der Waals surface area contributed by atoms with Crippen molar-refractivity contribution in [2.24, 2.45) is 0 Å². The molecule has 0 unspecified atom stereocenters. The van der Waals surface area contributed by atoms with E-state index in [-0.39, 0.29) is 34.7 Å². The maximum absolute atomic E-state index is 12.8. The van der Waals surface area contributed by atoms with Gasteiger partial charge in [0, 0.05) is 11.6 Å². The molecule has 1 aliphatic rings. The Morgan fingerprint density at radius 1 is 0.972 bits per heavy atom. The third-order valence-electron chi connectivity index (χ3n) is 5.70. The molecule has 0 saturated heterocycles. The molecule has 12 heteroatoms. The number of rotatable bonds is 9. The highest BCUT2D eigenvalue weighted by Gasteiger charge is 2.40. The van der Waals surface area contributed by atoms with Crippen molar-refractivity contribution >= 4 is 43.5 Å². The van der Waals surface area contributed by atoms with Crippen LogP contribution < -0.4 is 4.72 Å². The first-order chi connectivity index (χ1) is 17.0. The molecule has 4 rings (SSSR count). The zero-order chi connectivity index (χ0) is 26.1. The summed E-state index contributed by atoms with van der Waals surface area (Å²) in [5, 5.41) is 10.1. The summed E-state index contributed by atoms with van der Waals surface area (Å²) in [7, 11) is -8.22. The number of halogens is 1.